The van der Waals surface area contributed by atoms with Gasteiger partial charge in [-0.1, -0.05) is 103 Å². The molecule has 4 nitrogen and oxygen atoms in total. The van der Waals surface area contributed by atoms with Gasteiger partial charge in [-0.3, -0.25) is 4.79 Å². The van der Waals surface area contributed by atoms with E-state index in [1.54, 1.807) is 0 Å². The second-order valence-corrected chi connectivity index (χ2v) is 8.33. The molecule has 4 heteroatoms. The van der Waals surface area contributed by atoms with Crippen LogP contribution in [0.25, 0.3) is 32.7 Å². The van der Waals surface area contributed by atoms with Crippen molar-refractivity contribution in [3.8, 4) is 11.1 Å². The highest BCUT2D eigenvalue weighted by molar-refractivity contribution is 6.18. The number of carboxylic acid groups (broad SMARTS) is 1. The molecule has 5 aromatic rings. The molecule has 0 bridgehead atoms. The summed E-state index contributed by atoms with van der Waals surface area (Å²) in [6, 6.07) is 34.1. The maximum Gasteiger partial charge on any atom is 0.326 e. The van der Waals surface area contributed by atoms with Crippen LogP contribution in [0.5, 0.6) is 0 Å². The Morgan fingerprint density at radius 3 is 1.79 bits per heavy atom. The lowest BCUT2D eigenvalue weighted by Crippen LogP contribution is -2.42. The van der Waals surface area contributed by atoms with Crippen LogP contribution in [0.4, 0.5) is 0 Å². The van der Waals surface area contributed by atoms with Crippen LogP contribution in [0.2, 0.25) is 0 Å². The van der Waals surface area contributed by atoms with Gasteiger partial charge in [0.25, 0.3) is 5.91 Å². The van der Waals surface area contributed by atoms with Gasteiger partial charge in [-0.15, -0.1) is 0 Å². The van der Waals surface area contributed by atoms with E-state index in [9.17, 15) is 14.7 Å². The third kappa shape index (κ3) is 4.26. The number of benzene rings is 5. The first-order valence-electron chi connectivity index (χ1n) is 11.2. The SMILES string of the molecule is O=C(N[C@@H](Cc1ccc(-c2ccccc2)cc1)C(=O)O)c1c2ccccc2cc2ccccc12. The highest BCUT2D eigenvalue weighted by atomic mass is 16.4. The minimum Gasteiger partial charge on any atom is -0.480 e. The first-order chi connectivity index (χ1) is 16.6. The molecule has 2 N–H and O–H groups in total. The Morgan fingerprint density at radius 1 is 0.676 bits per heavy atom. The van der Waals surface area contributed by atoms with Gasteiger partial charge in [0.2, 0.25) is 0 Å². The number of rotatable bonds is 6. The Labute approximate surface area is 197 Å². The number of amides is 1. The third-order valence-electron chi connectivity index (χ3n) is 6.10. The number of hydrogen-bond donors (Lipinski definition) is 2. The predicted octanol–water partition coefficient (Wildman–Crippen LogP) is 6.09. The third-order valence-corrected chi connectivity index (χ3v) is 6.10. The van der Waals surface area contributed by atoms with Gasteiger partial charge in [-0.2, -0.15) is 0 Å². The Hall–Kier alpha value is -4.44. The summed E-state index contributed by atoms with van der Waals surface area (Å²) in [5, 5.41) is 16.1. The molecule has 0 aliphatic rings. The minimum atomic E-state index is -1.06. The van der Waals surface area contributed by atoms with E-state index in [4.69, 9.17) is 0 Å². The van der Waals surface area contributed by atoms with Crippen molar-refractivity contribution in [1.29, 1.82) is 0 Å². The van der Waals surface area contributed by atoms with Crippen LogP contribution in [0, 0.1) is 0 Å². The zero-order valence-corrected chi connectivity index (χ0v) is 18.4. The van der Waals surface area contributed by atoms with Gasteiger partial charge in [0.1, 0.15) is 6.04 Å². The van der Waals surface area contributed by atoms with E-state index in [0.29, 0.717) is 5.56 Å². The smallest absolute Gasteiger partial charge is 0.326 e. The van der Waals surface area contributed by atoms with Gasteiger partial charge in [0.15, 0.2) is 0 Å². The number of fused-ring (bicyclic) bond motifs is 2. The molecule has 0 saturated carbocycles. The molecule has 0 spiro atoms. The van der Waals surface area contributed by atoms with E-state index in [1.807, 2.05) is 109 Å². The zero-order chi connectivity index (χ0) is 23.5. The normalized spacial score (nSPS) is 11.9. The second kappa shape index (κ2) is 9.20. The molecule has 1 atom stereocenters. The van der Waals surface area contributed by atoms with Gasteiger partial charge >= 0.3 is 5.97 Å². The molecule has 0 radical (unpaired) electrons. The number of carbonyl (C=O) groups is 2. The summed E-state index contributed by atoms with van der Waals surface area (Å²) in [5.74, 6) is -1.45. The highest BCUT2D eigenvalue weighted by Crippen LogP contribution is 2.28. The summed E-state index contributed by atoms with van der Waals surface area (Å²) in [4.78, 5) is 25.5. The summed E-state index contributed by atoms with van der Waals surface area (Å²) >= 11 is 0. The fourth-order valence-electron chi connectivity index (χ4n) is 4.39. The van der Waals surface area contributed by atoms with Crippen LogP contribution >= 0.6 is 0 Å². The topological polar surface area (TPSA) is 66.4 Å². The standard InChI is InChI=1S/C30H23NO3/c32-29(28-25-12-6-4-10-23(25)19-24-11-5-7-13-26(24)28)31-27(30(33)34)18-20-14-16-22(17-15-20)21-8-2-1-3-9-21/h1-17,19,27H,18H2,(H,31,32)(H,33,34)/t27-/m0/s1. The average molecular weight is 446 g/mol. The Kier molecular flexibility index (Phi) is 5.79. The Morgan fingerprint density at radius 2 is 1.21 bits per heavy atom. The molecule has 5 aromatic carbocycles. The van der Waals surface area contributed by atoms with E-state index >= 15 is 0 Å². The first-order valence-corrected chi connectivity index (χ1v) is 11.2. The molecule has 0 heterocycles. The van der Waals surface area contributed by atoms with Gasteiger partial charge in [-0.25, -0.2) is 4.79 Å². The lowest BCUT2D eigenvalue weighted by atomic mass is 9.95. The lowest BCUT2D eigenvalue weighted by Gasteiger charge is -2.17. The van der Waals surface area contributed by atoms with E-state index in [2.05, 4.69) is 5.32 Å². The van der Waals surface area contributed by atoms with Crippen molar-refractivity contribution in [2.24, 2.45) is 0 Å². The molecule has 0 fully saturated rings. The average Bonchev–Trinajstić information content (AvgIpc) is 2.87. The number of carbonyl (C=O) groups excluding carboxylic acids is 1. The number of aliphatic carboxylic acids is 1. The van der Waals surface area contributed by atoms with Crippen LogP contribution < -0.4 is 5.32 Å². The van der Waals surface area contributed by atoms with Crippen molar-refractivity contribution in [2.45, 2.75) is 12.5 Å². The summed E-state index contributed by atoms with van der Waals surface area (Å²) in [6.07, 6.45) is 0.193. The summed E-state index contributed by atoms with van der Waals surface area (Å²) < 4.78 is 0. The van der Waals surface area contributed by atoms with Gasteiger partial charge in [0, 0.05) is 6.42 Å². The molecule has 1 amide bonds. The Balaban J connectivity index is 1.44. The van der Waals surface area contributed by atoms with Crippen molar-refractivity contribution in [2.75, 3.05) is 0 Å². The quantitative estimate of drug-likeness (QED) is 0.311. The molecular weight excluding hydrogens is 422 g/mol. The van der Waals surface area contributed by atoms with E-state index in [-0.39, 0.29) is 12.3 Å². The number of carboxylic acids is 1. The van der Waals surface area contributed by atoms with E-state index in [0.717, 1.165) is 38.2 Å². The van der Waals surface area contributed by atoms with Crippen molar-refractivity contribution in [3.63, 3.8) is 0 Å². The molecule has 0 saturated heterocycles. The summed E-state index contributed by atoms with van der Waals surface area (Å²) in [7, 11) is 0. The minimum absolute atomic E-state index is 0.193. The van der Waals surface area contributed by atoms with Gasteiger partial charge in [0.05, 0.1) is 5.56 Å². The summed E-state index contributed by atoms with van der Waals surface area (Å²) in [5.41, 5.74) is 3.50. The van der Waals surface area contributed by atoms with Gasteiger partial charge in [-0.05, 0) is 44.3 Å². The van der Waals surface area contributed by atoms with E-state index < -0.39 is 12.0 Å². The van der Waals surface area contributed by atoms with Crippen LogP contribution in [0.3, 0.4) is 0 Å². The maximum absolute atomic E-state index is 13.4. The molecule has 0 aliphatic heterocycles. The lowest BCUT2D eigenvalue weighted by molar-refractivity contribution is -0.139. The highest BCUT2D eigenvalue weighted by Gasteiger charge is 2.23. The molecule has 166 valence electrons. The molecule has 0 aromatic heterocycles. The molecule has 0 unspecified atom stereocenters. The summed E-state index contributed by atoms with van der Waals surface area (Å²) in [6.45, 7) is 0. The largest absolute Gasteiger partial charge is 0.480 e. The van der Waals surface area contributed by atoms with Crippen LogP contribution in [-0.2, 0) is 11.2 Å². The van der Waals surface area contributed by atoms with Crippen molar-refractivity contribution >= 4 is 33.4 Å². The van der Waals surface area contributed by atoms with E-state index in [1.165, 1.54) is 0 Å². The Bertz CT molecular complexity index is 1440. The number of nitrogens with one attached hydrogen (secondary N) is 1. The molecule has 34 heavy (non-hydrogen) atoms. The van der Waals surface area contributed by atoms with Crippen molar-refractivity contribution in [1.82, 2.24) is 5.32 Å². The monoisotopic (exact) mass is 445 g/mol. The second-order valence-electron chi connectivity index (χ2n) is 8.33. The van der Waals surface area contributed by atoms with Gasteiger partial charge < -0.3 is 10.4 Å². The zero-order valence-electron chi connectivity index (χ0n) is 18.4. The fraction of sp³-hybridized carbons (Fsp3) is 0.0667. The molecule has 0 aliphatic carbocycles. The molecular formula is C30H23NO3. The van der Waals surface area contributed by atoms with Crippen LogP contribution in [0.15, 0.2) is 109 Å². The van der Waals surface area contributed by atoms with Crippen LogP contribution in [0.1, 0.15) is 15.9 Å². The predicted molar refractivity (Wildman–Crippen MR) is 136 cm³/mol. The first kappa shape index (κ1) is 21.4. The van der Waals surface area contributed by atoms with Crippen molar-refractivity contribution in [3.05, 3.63) is 120 Å². The number of hydrogen-bond acceptors (Lipinski definition) is 2. The molecule has 5 rings (SSSR count). The van der Waals surface area contributed by atoms with Crippen LogP contribution in [-0.4, -0.2) is 23.0 Å². The maximum atomic E-state index is 13.4. The van der Waals surface area contributed by atoms with Crippen molar-refractivity contribution < 1.29 is 14.7 Å². The fourth-order valence-corrected chi connectivity index (χ4v) is 4.39.